The van der Waals surface area contributed by atoms with E-state index in [-0.39, 0.29) is 18.0 Å². The Morgan fingerprint density at radius 1 is 1.04 bits per heavy atom. The SMILES string of the molecule is COC(=O)CC/C=C\C/C=C\CC#CC/C=C\[C@H](C)OC(C)=O. The first-order chi connectivity index (χ1) is 11.1. The minimum absolute atomic E-state index is 0.184. The molecule has 0 saturated heterocycles. The quantitative estimate of drug-likeness (QED) is 0.369. The minimum Gasteiger partial charge on any atom is -0.469 e. The third-order valence-corrected chi connectivity index (χ3v) is 2.67. The van der Waals surface area contributed by atoms with Crippen molar-refractivity contribution in [3.05, 3.63) is 36.5 Å². The summed E-state index contributed by atoms with van der Waals surface area (Å²) < 4.78 is 9.50. The fourth-order valence-electron chi connectivity index (χ4n) is 1.60. The Bertz CT molecular complexity index is 489. The zero-order valence-corrected chi connectivity index (χ0v) is 14.2. The maximum absolute atomic E-state index is 10.9. The zero-order chi connectivity index (χ0) is 17.3. The molecular weight excluding hydrogens is 292 g/mol. The maximum atomic E-state index is 10.9. The van der Waals surface area contributed by atoms with Crippen LogP contribution in [0, 0.1) is 11.8 Å². The van der Waals surface area contributed by atoms with Crippen molar-refractivity contribution in [2.75, 3.05) is 7.11 Å². The second-order valence-corrected chi connectivity index (χ2v) is 4.80. The normalized spacial score (nSPS) is 12.3. The predicted octanol–water partition coefficient (Wildman–Crippen LogP) is 3.73. The Hall–Kier alpha value is -2.28. The lowest BCUT2D eigenvalue weighted by Gasteiger charge is -2.04. The van der Waals surface area contributed by atoms with Gasteiger partial charge in [0.2, 0.25) is 0 Å². The van der Waals surface area contributed by atoms with Gasteiger partial charge >= 0.3 is 11.9 Å². The molecule has 0 aliphatic rings. The number of carbonyl (C=O) groups excluding carboxylic acids is 2. The van der Waals surface area contributed by atoms with Crippen molar-refractivity contribution in [2.24, 2.45) is 0 Å². The number of ether oxygens (including phenoxy) is 2. The Kier molecular flexibility index (Phi) is 13.2. The van der Waals surface area contributed by atoms with Gasteiger partial charge in [-0.25, -0.2) is 0 Å². The van der Waals surface area contributed by atoms with E-state index in [1.54, 1.807) is 0 Å². The molecule has 1 atom stereocenters. The smallest absolute Gasteiger partial charge is 0.305 e. The molecule has 0 aromatic carbocycles. The van der Waals surface area contributed by atoms with E-state index in [4.69, 9.17) is 4.74 Å². The summed E-state index contributed by atoms with van der Waals surface area (Å²) in [5, 5.41) is 0. The molecule has 4 heteroatoms. The summed E-state index contributed by atoms with van der Waals surface area (Å²) in [4.78, 5) is 21.6. The lowest BCUT2D eigenvalue weighted by molar-refractivity contribution is -0.143. The van der Waals surface area contributed by atoms with Gasteiger partial charge in [0.1, 0.15) is 6.10 Å². The van der Waals surface area contributed by atoms with Crippen LogP contribution in [0.2, 0.25) is 0 Å². The highest BCUT2D eigenvalue weighted by Crippen LogP contribution is 1.96. The van der Waals surface area contributed by atoms with Crippen LogP contribution in [0.5, 0.6) is 0 Å². The molecule has 0 aliphatic carbocycles. The van der Waals surface area contributed by atoms with Gasteiger partial charge in [-0.15, -0.1) is 0 Å². The van der Waals surface area contributed by atoms with Gasteiger partial charge in [-0.2, -0.15) is 0 Å². The molecule has 0 rings (SSSR count). The van der Waals surface area contributed by atoms with Crippen LogP contribution in [0.4, 0.5) is 0 Å². The van der Waals surface area contributed by atoms with E-state index in [1.807, 2.05) is 43.4 Å². The van der Waals surface area contributed by atoms with Gasteiger partial charge in [-0.05, 0) is 25.8 Å². The van der Waals surface area contributed by atoms with Gasteiger partial charge in [0, 0.05) is 26.2 Å². The predicted molar refractivity (Wildman–Crippen MR) is 91.5 cm³/mol. The number of hydrogen-bond acceptors (Lipinski definition) is 4. The van der Waals surface area contributed by atoms with Gasteiger partial charge in [-0.1, -0.05) is 42.2 Å². The molecule has 0 bridgehead atoms. The number of rotatable bonds is 9. The Balaban J connectivity index is 3.67. The summed E-state index contributed by atoms with van der Waals surface area (Å²) in [5.74, 6) is 5.61. The van der Waals surface area contributed by atoms with Crippen molar-refractivity contribution in [1.29, 1.82) is 0 Å². The Morgan fingerprint density at radius 2 is 1.70 bits per heavy atom. The molecule has 0 fully saturated rings. The molecule has 0 heterocycles. The monoisotopic (exact) mass is 318 g/mol. The molecule has 0 spiro atoms. The summed E-state index contributed by atoms with van der Waals surface area (Å²) in [6.45, 7) is 3.21. The topological polar surface area (TPSA) is 52.6 Å². The summed E-state index contributed by atoms with van der Waals surface area (Å²) in [6, 6.07) is 0. The molecule has 4 nitrogen and oxygen atoms in total. The third-order valence-electron chi connectivity index (χ3n) is 2.67. The molecule has 126 valence electrons. The van der Waals surface area contributed by atoms with Crippen molar-refractivity contribution in [1.82, 2.24) is 0 Å². The van der Waals surface area contributed by atoms with Crippen LogP contribution in [0.25, 0.3) is 0 Å². The first-order valence-electron chi connectivity index (χ1n) is 7.72. The van der Waals surface area contributed by atoms with Crippen LogP contribution in [0.1, 0.15) is 46.0 Å². The number of methoxy groups -OCH3 is 1. The fourth-order valence-corrected chi connectivity index (χ4v) is 1.60. The molecule has 0 aromatic heterocycles. The number of allylic oxidation sites excluding steroid dienone is 5. The van der Waals surface area contributed by atoms with Gasteiger partial charge in [0.25, 0.3) is 0 Å². The summed E-state index contributed by atoms with van der Waals surface area (Å²) in [5.41, 5.74) is 0. The van der Waals surface area contributed by atoms with E-state index in [2.05, 4.69) is 16.6 Å². The van der Waals surface area contributed by atoms with E-state index in [1.165, 1.54) is 14.0 Å². The van der Waals surface area contributed by atoms with Crippen LogP contribution in [0.15, 0.2) is 36.5 Å². The molecule has 0 aliphatic heterocycles. The molecule has 0 amide bonds. The lowest BCUT2D eigenvalue weighted by Crippen LogP contribution is -2.08. The number of carbonyl (C=O) groups is 2. The van der Waals surface area contributed by atoms with Crippen molar-refractivity contribution >= 4 is 11.9 Å². The molecule has 0 radical (unpaired) electrons. The van der Waals surface area contributed by atoms with Crippen LogP contribution in [-0.4, -0.2) is 25.2 Å². The first-order valence-corrected chi connectivity index (χ1v) is 7.72. The summed E-state index contributed by atoms with van der Waals surface area (Å²) in [7, 11) is 1.39. The van der Waals surface area contributed by atoms with E-state index >= 15 is 0 Å². The average Bonchev–Trinajstić information content (AvgIpc) is 2.50. The van der Waals surface area contributed by atoms with Crippen molar-refractivity contribution in [2.45, 2.75) is 52.1 Å². The fraction of sp³-hybridized carbons (Fsp3) is 0.474. The highest BCUT2D eigenvalue weighted by Gasteiger charge is 1.98. The van der Waals surface area contributed by atoms with E-state index in [0.29, 0.717) is 25.7 Å². The molecule has 0 N–H and O–H groups in total. The molecule has 0 saturated carbocycles. The Labute approximate surface area is 139 Å². The Morgan fingerprint density at radius 3 is 2.35 bits per heavy atom. The van der Waals surface area contributed by atoms with Gasteiger partial charge in [0.15, 0.2) is 0 Å². The highest BCUT2D eigenvalue weighted by atomic mass is 16.5. The van der Waals surface area contributed by atoms with E-state index in [0.717, 1.165) is 6.42 Å². The second-order valence-electron chi connectivity index (χ2n) is 4.80. The molecular formula is C19H26O4. The highest BCUT2D eigenvalue weighted by molar-refractivity contribution is 5.69. The van der Waals surface area contributed by atoms with Crippen LogP contribution < -0.4 is 0 Å². The van der Waals surface area contributed by atoms with Gasteiger partial charge in [-0.3, -0.25) is 9.59 Å². The largest absolute Gasteiger partial charge is 0.469 e. The molecule has 0 unspecified atom stereocenters. The van der Waals surface area contributed by atoms with Crippen molar-refractivity contribution in [3.63, 3.8) is 0 Å². The van der Waals surface area contributed by atoms with Crippen molar-refractivity contribution < 1.29 is 19.1 Å². The van der Waals surface area contributed by atoms with Crippen LogP contribution in [0.3, 0.4) is 0 Å². The minimum atomic E-state index is -0.280. The van der Waals surface area contributed by atoms with E-state index in [9.17, 15) is 9.59 Å². The van der Waals surface area contributed by atoms with E-state index < -0.39 is 0 Å². The standard InChI is InChI=1S/C19H26O4/c1-17(23-18(2)20)15-13-11-9-7-5-4-6-8-10-12-14-16-19(21)22-3/h4,6,10,12-13,15,17H,5,8,11,14,16H2,1-3H3/b6-4-,12-10-,15-13-/t17-/m0/s1. The second kappa shape index (κ2) is 14.6. The molecule has 23 heavy (non-hydrogen) atoms. The lowest BCUT2D eigenvalue weighted by atomic mass is 10.2. The summed E-state index contributed by atoms with van der Waals surface area (Å²) >= 11 is 0. The van der Waals surface area contributed by atoms with Crippen LogP contribution >= 0.6 is 0 Å². The van der Waals surface area contributed by atoms with Gasteiger partial charge in [0.05, 0.1) is 7.11 Å². The van der Waals surface area contributed by atoms with Gasteiger partial charge < -0.3 is 9.47 Å². The number of esters is 2. The van der Waals surface area contributed by atoms with Crippen molar-refractivity contribution in [3.8, 4) is 11.8 Å². The van der Waals surface area contributed by atoms with Crippen LogP contribution in [-0.2, 0) is 19.1 Å². The first kappa shape index (κ1) is 20.7. The maximum Gasteiger partial charge on any atom is 0.305 e. The summed E-state index contributed by atoms with van der Waals surface area (Å²) in [6.07, 6.45) is 14.9. The third kappa shape index (κ3) is 15.9. The molecule has 0 aromatic rings. The average molecular weight is 318 g/mol. The zero-order valence-electron chi connectivity index (χ0n) is 14.2. The number of hydrogen-bond donors (Lipinski definition) is 0.